The van der Waals surface area contributed by atoms with Crippen LogP contribution in [-0.2, 0) is 10.8 Å². The van der Waals surface area contributed by atoms with E-state index in [4.69, 9.17) is 0 Å². The predicted molar refractivity (Wildman–Crippen MR) is 381 cm³/mol. The van der Waals surface area contributed by atoms with Crippen LogP contribution in [0.5, 0.6) is 0 Å². The largest absolute Gasteiger partial charge is 0.310 e. The van der Waals surface area contributed by atoms with E-state index in [0.717, 1.165) is 83.9 Å². The summed E-state index contributed by atoms with van der Waals surface area (Å²) in [5.41, 5.74) is 31.4. The number of nitrogens with zero attached hydrogens (tertiary/aromatic N) is 2. The molecule has 0 aliphatic carbocycles. The summed E-state index contributed by atoms with van der Waals surface area (Å²) in [6.07, 6.45) is 0. The summed E-state index contributed by atoms with van der Waals surface area (Å²) in [5, 5.41) is 0. The summed E-state index contributed by atoms with van der Waals surface area (Å²) < 4.78 is 0. The Hall–Kier alpha value is -10.5. The van der Waals surface area contributed by atoms with Crippen molar-refractivity contribution in [1.82, 2.24) is 0 Å². The van der Waals surface area contributed by atoms with Gasteiger partial charge in [-0.3, -0.25) is 0 Å². The van der Waals surface area contributed by atoms with Crippen molar-refractivity contribution in [3.05, 3.63) is 321 Å². The van der Waals surface area contributed by atoms with Crippen LogP contribution >= 0.6 is 0 Å². The molecule has 0 unspecified atom stereocenters. The summed E-state index contributed by atoms with van der Waals surface area (Å²) in [7, 11) is 0. The molecule has 0 bridgehead atoms. The fourth-order valence-electron chi connectivity index (χ4n) is 13.9. The fourth-order valence-corrected chi connectivity index (χ4v) is 13.9. The highest BCUT2D eigenvalue weighted by Gasteiger charge is 2.47. The van der Waals surface area contributed by atoms with Crippen molar-refractivity contribution in [2.45, 2.75) is 52.4 Å². The Bertz CT molecular complexity index is 4620. The number of rotatable bonds is 10. The van der Waals surface area contributed by atoms with Crippen molar-refractivity contribution in [3.8, 4) is 89.0 Å². The molecule has 0 saturated carbocycles. The average Bonchev–Trinajstić information content (AvgIpc) is 0.790. The maximum atomic E-state index is 2.72. The van der Waals surface area contributed by atoms with E-state index in [0.29, 0.717) is 0 Å². The van der Waals surface area contributed by atoms with Crippen LogP contribution in [-0.4, -0.2) is 6.71 Å². The second kappa shape index (κ2) is 22.3. The minimum absolute atomic E-state index is 0.194. The second-order valence-electron chi connectivity index (χ2n) is 26.0. The fraction of sp³-hybridized carbons (Fsp3) is 0.0930. The van der Waals surface area contributed by atoms with Gasteiger partial charge in [0, 0.05) is 45.0 Å². The van der Waals surface area contributed by atoms with E-state index in [9.17, 15) is 0 Å². The lowest BCUT2D eigenvalue weighted by atomic mass is 9.33. The molecule has 0 N–H and O–H groups in total. The first-order valence-electron chi connectivity index (χ1n) is 31.3. The van der Waals surface area contributed by atoms with Gasteiger partial charge in [0.1, 0.15) is 0 Å². The minimum atomic E-state index is -0.290. The van der Waals surface area contributed by atoms with E-state index in [1.54, 1.807) is 0 Å². The molecule has 0 spiro atoms. The van der Waals surface area contributed by atoms with Gasteiger partial charge in [0.2, 0.25) is 0 Å². The third-order valence-corrected chi connectivity index (χ3v) is 18.3. The molecule has 0 saturated heterocycles. The van der Waals surface area contributed by atoms with Crippen LogP contribution in [0.4, 0.5) is 34.1 Å². The van der Waals surface area contributed by atoms with Crippen molar-refractivity contribution in [3.63, 3.8) is 0 Å². The summed E-state index contributed by atoms with van der Waals surface area (Å²) in [6.45, 7) is 14.1. The second-order valence-corrected chi connectivity index (χ2v) is 26.0. The van der Waals surface area contributed by atoms with Gasteiger partial charge in [-0.15, -0.1) is 0 Å². The molecule has 15 rings (SSSR count). The summed E-state index contributed by atoms with van der Waals surface area (Å²) in [5.74, 6) is 0. The van der Waals surface area contributed by atoms with Gasteiger partial charge in [-0.2, -0.15) is 0 Å². The third kappa shape index (κ3) is 9.98. The Morgan fingerprint density at radius 1 is 0.236 bits per heavy atom. The zero-order valence-electron chi connectivity index (χ0n) is 51.4. The molecule has 13 aromatic rings. The van der Waals surface area contributed by atoms with Gasteiger partial charge in [-0.1, -0.05) is 302 Å². The third-order valence-electron chi connectivity index (χ3n) is 18.3. The van der Waals surface area contributed by atoms with Crippen LogP contribution in [0.1, 0.15) is 52.7 Å². The van der Waals surface area contributed by atoms with Crippen LogP contribution in [0.25, 0.3) is 89.0 Å². The minimum Gasteiger partial charge on any atom is -0.310 e. The van der Waals surface area contributed by atoms with Gasteiger partial charge >= 0.3 is 0 Å². The van der Waals surface area contributed by atoms with E-state index in [1.807, 2.05) is 0 Å². The van der Waals surface area contributed by atoms with Crippen LogP contribution in [0.15, 0.2) is 309 Å². The van der Waals surface area contributed by atoms with E-state index in [1.165, 1.54) is 66.7 Å². The standard InChI is InChI=1S/C86H69BN2/c1-85(2,3)69-54-80-82-81(55-69)89(84-73(64-43-27-13-28-44-64)51-68(60-35-19-9-20-36-60)52-74(84)65-45-29-14-30-46-65)79-57-75(86(4,5)6)70(61-37-21-10-22-38-61)56-77(79)87(82)76-48-47-66(58-31-15-7-16-32-58)53-78(76)88(80)83-71(62-39-23-11-24-40-62)49-67(59-33-17-8-18-34-59)50-72(83)63-41-25-12-26-42-63/h7-57H,1-6H3. The molecule has 0 amide bonds. The number of hydrogen-bond donors (Lipinski definition) is 0. The maximum Gasteiger partial charge on any atom is 0.252 e. The van der Waals surface area contributed by atoms with Crippen molar-refractivity contribution >= 4 is 57.2 Å². The van der Waals surface area contributed by atoms with Crippen LogP contribution in [0, 0.1) is 0 Å². The molecule has 2 nitrogen and oxygen atoms in total. The smallest absolute Gasteiger partial charge is 0.252 e. The molecule has 0 fully saturated rings. The quantitative estimate of drug-likeness (QED) is 0.126. The molecule has 426 valence electrons. The van der Waals surface area contributed by atoms with Gasteiger partial charge in [-0.25, -0.2) is 0 Å². The van der Waals surface area contributed by atoms with Gasteiger partial charge in [-0.05, 0) is 154 Å². The SMILES string of the molecule is CC(C)(C)c1cc2c3c(c1)N(c1c(-c4ccccc4)cc(-c4ccccc4)cc1-c1ccccc1)c1cc(C(C)(C)C)c(-c4ccccc4)cc1B3c1ccc(-c3ccccc3)cc1N2c1c(-c2ccccc2)cc(-c2ccccc2)cc1-c1ccccc1. The number of fused-ring (bicyclic) bond motifs is 4. The molecule has 2 aliphatic rings. The van der Waals surface area contributed by atoms with Gasteiger partial charge in [0.05, 0.1) is 11.4 Å². The molecular formula is C86H69BN2. The normalized spacial score (nSPS) is 12.5. The highest BCUT2D eigenvalue weighted by Crippen LogP contribution is 2.56. The lowest BCUT2D eigenvalue weighted by Gasteiger charge is -2.47. The van der Waals surface area contributed by atoms with Crippen LogP contribution in [0.3, 0.4) is 0 Å². The monoisotopic (exact) mass is 1140 g/mol. The van der Waals surface area contributed by atoms with Gasteiger partial charge in [0.25, 0.3) is 6.71 Å². The zero-order chi connectivity index (χ0) is 60.4. The first-order valence-corrected chi connectivity index (χ1v) is 31.3. The molecular weight excluding hydrogens is 1070 g/mol. The summed E-state index contributed by atoms with van der Waals surface area (Å²) >= 11 is 0. The predicted octanol–water partition coefficient (Wildman–Crippen LogP) is 21.7. The number of hydrogen-bond acceptors (Lipinski definition) is 2. The van der Waals surface area contributed by atoms with Gasteiger partial charge in [0.15, 0.2) is 0 Å². The number of benzene rings is 13. The Labute approximate surface area is 525 Å². The van der Waals surface area contributed by atoms with E-state index in [2.05, 4.69) is 361 Å². The molecule has 89 heavy (non-hydrogen) atoms. The lowest BCUT2D eigenvalue weighted by molar-refractivity contribution is 0.590. The first kappa shape index (κ1) is 55.1. The Kier molecular flexibility index (Phi) is 13.8. The van der Waals surface area contributed by atoms with Crippen molar-refractivity contribution in [2.75, 3.05) is 9.80 Å². The molecule has 0 atom stereocenters. The van der Waals surface area contributed by atoms with E-state index >= 15 is 0 Å². The molecule has 13 aromatic carbocycles. The average molecular weight is 1140 g/mol. The molecule has 2 heterocycles. The van der Waals surface area contributed by atoms with E-state index in [-0.39, 0.29) is 17.5 Å². The van der Waals surface area contributed by atoms with Crippen molar-refractivity contribution in [2.24, 2.45) is 0 Å². The van der Waals surface area contributed by atoms with Crippen molar-refractivity contribution < 1.29 is 0 Å². The highest BCUT2D eigenvalue weighted by atomic mass is 15.2. The highest BCUT2D eigenvalue weighted by molar-refractivity contribution is 7.00. The Morgan fingerprint density at radius 3 is 0.888 bits per heavy atom. The van der Waals surface area contributed by atoms with E-state index < -0.39 is 0 Å². The Balaban J connectivity index is 1.15. The van der Waals surface area contributed by atoms with Crippen LogP contribution in [0.2, 0.25) is 0 Å². The topological polar surface area (TPSA) is 6.48 Å². The van der Waals surface area contributed by atoms with Crippen molar-refractivity contribution in [1.29, 1.82) is 0 Å². The summed E-state index contributed by atoms with van der Waals surface area (Å²) in [6, 6.07) is 116. The summed E-state index contributed by atoms with van der Waals surface area (Å²) in [4.78, 5) is 5.42. The molecule has 3 heteroatoms. The molecule has 2 aliphatic heterocycles. The number of anilines is 6. The Morgan fingerprint density at radius 2 is 0.551 bits per heavy atom. The van der Waals surface area contributed by atoms with Crippen LogP contribution < -0.4 is 26.2 Å². The molecule has 0 radical (unpaired) electrons. The zero-order valence-corrected chi connectivity index (χ0v) is 51.4. The first-order chi connectivity index (χ1) is 43.4. The lowest BCUT2D eigenvalue weighted by Crippen LogP contribution is -2.61. The van der Waals surface area contributed by atoms with Gasteiger partial charge < -0.3 is 9.80 Å². The maximum absolute atomic E-state index is 2.72. The molecule has 0 aromatic heterocycles.